The lowest BCUT2D eigenvalue weighted by molar-refractivity contribution is 1.06. The van der Waals surface area contributed by atoms with E-state index in [0.29, 0.717) is 4.73 Å². The Morgan fingerprint density at radius 3 is 2.67 bits per heavy atom. The summed E-state index contributed by atoms with van der Waals surface area (Å²) >= 11 is 3.32. The Labute approximate surface area is 113 Å². The summed E-state index contributed by atoms with van der Waals surface area (Å²) in [4.78, 5) is 16.2. The van der Waals surface area contributed by atoms with Crippen LogP contribution in [-0.4, -0.2) is 19.9 Å². The number of hydrogen-bond donors (Lipinski definition) is 1. The third-order valence-electron chi connectivity index (χ3n) is 2.72. The fourth-order valence-electron chi connectivity index (χ4n) is 1.98. The minimum absolute atomic E-state index is 0.610. The van der Waals surface area contributed by atoms with Gasteiger partial charge in [0.2, 0.25) is 0 Å². The highest BCUT2D eigenvalue weighted by Crippen LogP contribution is 2.23. The van der Waals surface area contributed by atoms with E-state index in [1.807, 2.05) is 32.0 Å². The van der Waals surface area contributed by atoms with Crippen molar-refractivity contribution in [3.05, 3.63) is 40.5 Å². The first-order valence-electron chi connectivity index (χ1n) is 5.60. The smallest absolute Gasteiger partial charge is 0.197 e. The number of aromatic amines is 1. The molecule has 0 aliphatic carbocycles. The van der Waals surface area contributed by atoms with Crippen LogP contribution in [0.5, 0.6) is 0 Å². The molecule has 0 spiro atoms. The molecule has 0 aliphatic rings. The number of aromatic nitrogens is 4. The molecule has 0 atom stereocenters. The fourth-order valence-corrected chi connectivity index (χ4v) is 2.45. The van der Waals surface area contributed by atoms with Gasteiger partial charge in [-0.05, 0) is 48.0 Å². The minimum Gasteiger partial charge on any atom is -0.342 e. The van der Waals surface area contributed by atoms with E-state index >= 15 is 0 Å². The maximum atomic E-state index is 4.39. The molecule has 3 aromatic rings. The summed E-state index contributed by atoms with van der Waals surface area (Å²) in [6, 6.07) is 8.05. The highest BCUT2D eigenvalue weighted by molar-refractivity contribution is 9.10. The third kappa shape index (κ3) is 2.01. The molecule has 0 bridgehead atoms. The molecule has 3 rings (SSSR count). The number of halogens is 1. The highest BCUT2D eigenvalue weighted by atomic mass is 79.9. The van der Waals surface area contributed by atoms with Crippen molar-refractivity contribution in [3.8, 4) is 11.3 Å². The standard InChI is InChI=1S/C13H11BrN4/c1-7-5-11(18-13(14)15-7)9-3-4-10-12(6-9)17-8(2)16-10/h3-6H,1-2H3,(H,16,17). The normalized spacial score (nSPS) is 11.1. The van der Waals surface area contributed by atoms with E-state index in [1.54, 1.807) is 0 Å². The van der Waals surface area contributed by atoms with Crippen LogP contribution < -0.4 is 0 Å². The number of aryl methyl sites for hydroxylation is 2. The molecule has 0 saturated carbocycles. The molecule has 0 amide bonds. The summed E-state index contributed by atoms with van der Waals surface area (Å²) in [5.74, 6) is 0.919. The van der Waals surface area contributed by atoms with Gasteiger partial charge >= 0.3 is 0 Å². The number of nitrogens with zero attached hydrogens (tertiary/aromatic N) is 3. The van der Waals surface area contributed by atoms with E-state index in [2.05, 4.69) is 41.9 Å². The van der Waals surface area contributed by atoms with Crippen LogP contribution >= 0.6 is 15.9 Å². The molecule has 2 heterocycles. The van der Waals surface area contributed by atoms with Gasteiger partial charge in [0, 0.05) is 11.3 Å². The lowest BCUT2D eigenvalue weighted by atomic mass is 10.1. The highest BCUT2D eigenvalue weighted by Gasteiger charge is 2.06. The fraction of sp³-hybridized carbons (Fsp3) is 0.154. The van der Waals surface area contributed by atoms with E-state index < -0.39 is 0 Å². The van der Waals surface area contributed by atoms with Crippen LogP contribution in [0.2, 0.25) is 0 Å². The Bertz CT molecular complexity index is 713. The van der Waals surface area contributed by atoms with Crippen LogP contribution in [0.4, 0.5) is 0 Å². The minimum atomic E-state index is 0.610. The van der Waals surface area contributed by atoms with Gasteiger partial charge in [0.1, 0.15) is 5.82 Å². The molecule has 1 N–H and O–H groups in total. The zero-order chi connectivity index (χ0) is 12.7. The van der Waals surface area contributed by atoms with Crippen molar-refractivity contribution in [3.63, 3.8) is 0 Å². The van der Waals surface area contributed by atoms with Gasteiger partial charge in [-0.3, -0.25) is 0 Å². The van der Waals surface area contributed by atoms with Crippen molar-refractivity contribution in [2.45, 2.75) is 13.8 Å². The largest absolute Gasteiger partial charge is 0.342 e. The molecule has 0 unspecified atom stereocenters. The number of H-pyrrole nitrogens is 1. The zero-order valence-corrected chi connectivity index (χ0v) is 11.6. The molecule has 90 valence electrons. The quantitative estimate of drug-likeness (QED) is 0.701. The Hall–Kier alpha value is -1.75. The van der Waals surface area contributed by atoms with Gasteiger partial charge in [0.05, 0.1) is 16.7 Å². The number of imidazole rings is 1. The second kappa shape index (κ2) is 4.17. The molecule has 18 heavy (non-hydrogen) atoms. The van der Waals surface area contributed by atoms with E-state index in [0.717, 1.165) is 33.8 Å². The van der Waals surface area contributed by atoms with Crippen LogP contribution in [0.15, 0.2) is 29.0 Å². The first-order chi connectivity index (χ1) is 8.61. The molecule has 0 aliphatic heterocycles. The monoisotopic (exact) mass is 302 g/mol. The van der Waals surface area contributed by atoms with E-state index in [1.165, 1.54) is 0 Å². The number of benzene rings is 1. The molecule has 0 saturated heterocycles. The Morgan fingerprint density at radius 1 is 1.06 bits per heavy atom. The van der Waals surface area contributed by atoms with Crippen molar-refractivity contribution in [2.75, 3.05) is 0 Å². The zero-order valence-electron chi connectivity index (χ0n) is 10.0. The van der Waals surface area contributed by atoms with Crippen LogP contribution in [0.1, 0.15) is 11.5 Å². The second-order valence-electron chi connectivity index (χ2n) is 4.22. The van der Waals surface area contributed by atoms with Crippen molar-refractivity contribution in [1.82, 2.24) is 19.9 Å². The van der Waals surface area contributed by atoms with Crippen LogP contribution in [0.3, 0.4) is 0 Å². The van der Waals surface area contributed by atoms with Gasteiger partial charge in [-0.1, -0.05) is 6.07 Å². The van der Waals surface area contributed by atoms with Crippen LogP contribution in [-0.2, 0) is 0 Å². The lowest BCUT2D eigenvalue weighted by Gasteiger charge is -2.02. The molecule has 0 fully saturated rings. The molecule has 4 nitrogen and oxygen atoms in total. The van der Waals surface area contributed by atoms with E-state index in [9.17, 15) is 0 Å². The van der Waals surface area contributed by atoms with Crippen molar-refractivity contribution < 1.29 is 0 Å². The first-order valence-corrected chi connectivity index (χ1v) is 6.39. The number of rotatable bonds is 1. The predicted molar refractivity (Wildman–Crippen MR) is 74.3 cm³/mol. The van der Waals surface area contributed by atoms with Crippen LogP contribution in [0, 0.1) is 13.8 Å². The Kier molecular flexibility index (Phi) is 2.63. The summed E-state index contributed by atoms with van der Waals surface area (Å²) in [5, 5.41) is 0. The summed E-state index contributed by atoms with van der Waals surface area (Å²) in [5.41, 5.74) is 4.90. The van der Waals surface area contributed by atoms with E-state index in [-0.39, 0.29) is 0 Å². The van der Waals surface area contributed by atoms with Gasteiger partial charge in [-0.15, -0.1) is 0 Å². The summed E-state index contributed by atoms with van der Waals surface area (Å²) in [6.45, 7) is 3.90. The molecular formula is C13H11BrN4. The van der Waals surface area contributed by atoms with Crippen molar-refractivity contribution in [2.24, 2.45) is 0 Å². The van der Waals surface area contributed by atoms with Gasteiger partial charge in [0.25, 0.3) is 0 Å². The lowest BCUT2D eigenvalue weighted by Crippen LogP contribution is -1.90. The van der Waals surface area contributed by atoms with E-state index in [4.69, 9.17) is 0 Å². The molecular weight excluding hydrogens is 292 g/mol. The van der Waals surface area contributed by atoms with Gasteiger partial charge in [-0.2, -0.15) is 0 Å². The third-order valence-corrected chi connectivity index (χ3v) is 3.08. The van der Waals surface area contributed by atoms with Gasteiger partial charge < -0.3 is 4.98 Å². The summed E-state index contributed by atoms with van der Waals surface area (Å²) in [6.07, 6.45) is 0. The number of fused-ring (bicyclic) bond motifs is 1. The topological polar surface area (TPSA) is 54.5 Å². The first kappa shape index (κ1) is 11.3. The molecule has 5 heteroatoms. The molecule has 2 aromatic heterocycles. The average molecular weight is 303 g/mol. The molecule has 1 aromatic carbocycles. The van der Waals surface area contributed by atoms with Crippen LogP contribution in [0.25, 0.3) is 22.3 Å². The Morgan fingerprint density at radius 2 is 1.89 bits per heavy atom. The number of nitrogens with one attached hydrogen (secondary N) is 1. The Balaban J connectivity index is 2.18. The summed E-state index contributed by atoms with van der Waals surface area (Å²) in [7, 11) is 0. The van der Waals surface area contributed by atoms with Crippen molar-refractivity contribution in [1.29, 1.82) is 0 Å². The maximum absolute atomic E-state index is 4.39. The number of hydrogen-bond acceptors (Lipinski definition) is 3. The van der Waals surface area contributed by atoms with Crippen molar-refractivity contribution >= 4 is 27.0 Å². The van der Waals surface area contributed by atoms with Gasteiger partial charge in [-0.25, -0.2) is 15.0 Å². The maximum Gasteiger partial charge on any atom is 0.197 e. The average Bonchev–Trinajstić information content (AvgIpc) is 2.66. The summed E-state index contributed by atoms with van der Waals surface area (Å²) < 4.78 is 0.610. The molecule has 0 radical (unpaired) electrons. The predicted octanol–water partition coefficient (Wildman–Crippen LogP) is 3.40. The SMILES string of the molecule is Cc1cc(-c2ccc3nc(C)[nH]c3c2)nc(Br)n1. The second-order valence-corrected chi connectivity index (χ2v) is 4.93. The van der Waals surface area contributed by atoms with Gasteiger partial charge in [0.15, 0.2) is 4.73 Å².